The minimum atomic E-state index is 0.106. The molecule has 0 unspecified atom stereocenters. The maximum absolute atomic E-state index is 5.91. The molecule has 0 saturated carbocycles. The summed E-state index contributed by atoms with van der Waals surface area (Å²) in [5.74, 6) is 0. The van der Waals surface area contributed by atoms with Gasteiger partial charge in [-0.2, -0.15) is 0 Å². The number of hydrogen-bond donors (Lipinski definition) is 1. The van der Waals surface area contributed by atoms with Crippen LogP contribution in [0.2, 0.25) is 0 Å². The molecule has 0 aromatic carbocycles. The van der Waals surface area contributed by atoms with Gasteiger partial charge in [0, 0.05) is 12.2 Å². The van der Waals surface area contributed by atoms with Crippen LogP contribution < -0.4 is 5.73 Å². The van der Waals surface area contributed by atoms with E-state index in [9.17, 15) is 0 Å². The Hall–Kier alpha value is -0.890. The highest BCUT2D eigenvalue weighted by atomic mass is 14.8. The molecule has 66 valence electrons. The number of nitrogens with two attached hydrogens (primary N) is 1. The third-order valence-corrected chi connectivity index (χ3v) is 1.92. The van der Waals surface area contributed by atoms with Crippen molar-refractivity contribution < 1.29 is 0 Å². The topological polar surface area (TPSA) is 38.9 Å². The van der Waals surface area contributed by atoms with Gasteiger partial charge in [-0.25, -0.2) is 0 Å². The van der Waals surface area contributed by atoms with E-state index in [1.54, 1.807) is 0 Å². The third kappa shape index (κ3) is 2.31. The van der Waals surface area contributed by atoms with Crippen LogP contribution in [0.15, 0.2) is 18.3 Å². The Bertz CT molecular complexity index is 245. The van der Waals surface area contributed by atoms with Crippen LogP contribution in [0.25, 0.3) is 0 Å². The summed E-state index contributed by atoms with van der Waals surface area (Å²) in [4.78, 5) is 4.23. The lowest BCUT2D eigenvalue weighted by Gasteiger charge is -2.09. The molecule has 1 heterocycles. The zero-order valence-electron chi connectivity index (χ0n) is 7.75. The molecule has 0 radical (unpaired) electrons. The molecular formula is C10H16N2. The number of aryl methyl sites for hydroxylation is 1. The molecule has 1 aromatic rings. The van der Waals surface area contributed by atoms with Gasteiger partial charge in [-0.1, -0.05) is 13.3 Å². The van der Waals surface area contributed by atoms with Gasteiger partial charge in [-0.05, 0) is 31.0 Å². The lowest BCUT2D eigenvalue weighted by molar-refractivity contribution is 0.621. The van der Waals surface area contributed by atoms with E-state index in [1.165, 1.54) is 5.56 Å². The summed E-state index contributed by atoms with van der Waals surface area (Å²) in [5.41, 5.74) is 8.15. The van der Waals surface area contributed by atoms with Gasteiger partial charge in [0.15, 0.2) is 0 Å². The fourth-order valence-corrected chi connectivity index (χ4v) is 1.22. The maximum atomic E-state index is 5.91. The fourth-order valence-electron chi connectivity index (χ4n) is 1.22. The molecule has 12 heavy (non-hydrogen) atoms. The predicted molar refractivity (Wildman–Crippen MR) is 50.8 cm³/mol. The summed E-state index contributed by atoms with van der Waals surface area (Å²) in [6.07, 6.45) is 3.94. The van der Waals surface area contributed by atoms with Gasteiger partial charge >= 0.3 is 0 Å². The highest BCUT2D eigenvalue weighted by molar-refractivity contribution is 5.16. The van der Waals surface area contributed by atoms with Gasteiger partial charge in [-0.3, -0.25) is 4.98 Å². The minimum Gasteiger partial charge on any atom is -0.323 e. The van der Waals surface area contributed by atoms with E-state index in [1.807, 2.05) is 12.3 Å². The van der Waals surface area contributed by atoms with E-state index >= 15 is 0 Å². The molecule has 2 nitrogen and oxygen atoms in total. The average molecular weight is 164 g/mol. The van der Waals surface area contributed by atoms with Crippen molar-refractivity contribution in [1.29, 1.82) is 0 Å². The van der Waals surface area contributed by atoms with Crippen LogP contribution in [-0.4, -0.2) is 4.98 Å². The SMILES string of the molecule is CCC[C@H](N)c1cc(C)ccn1. The van der Waals surface area contributed by atoms with Crippen molar-refractivity contribution in [1.82, 2.24) is 4.98 Å². The molecule has 0 aliphatic heterocycles. The summed E-state index contributed by atoms with van der Waals surface area (Å²) >= 11 is 0. The van der Waals surface area contributed by atoms with Gasteiger partial charge in [0.25, 0.3) is 0 Å². The molecule has 0 spiro atoms. The first-order valence-corrected chi connectivity index (χ1v) is 4.42. The number of aromatic nitrogens is 1. The van der Waals surface area contributed by atoms with Crippen molar-refractivity contribution in [2.24, 2.45) is 5.73 Å². The van der Waals surface area contributed by atoms with Crippen LogP contribution in [0.4, 0.5) is 0 Å². The van der Waals surface area contributed by atoms with E-state index in [2.05, 4.69) is 24.9 Å². The van der Waals surface area contributed by atoms with Crippen molar-refractivity contribution in [2.75, 3.05) is 0 Å². The van der Waals surface area contributed by atoms with Crippen molar-refractivity contribution in [2.45, 2.75) is 32.7 Å². The summed E-state index contributed by atoms with van der Waals surface area (Å²) in [5, 5.41) is 0. The Morgan fingerprint density at radius 2 is 2.33 bits per heavy atom. The zero-order chi connectivity index (χ0) is 8.97. The monoisotopic (exact) mass is 164 g/mol. The van der Waals surface area contributed by atoms with Crippen LogP contribution in [0.3, 0.4) is 0 Å². The van der Waals surface area contributed by atoms with Crippen LogP contribution in [0.1, 0.15) is 37.1 Å². The molecule has 1 atom stereocenters. The van der Waals surface area contributed by atoms with Gasteiger partial charge < -0.3 is 5.73 Å². The van der Waals surface area contributed by atoms with Gasteiger partial charge in [-0.15, -0.1) is 0 Å². The van der Waals surface area contributed by atoms with Crippen LogP contribution >= 0.6 is 0 Å². The highest BCUT2D eigenvalue weighted by Gasteiger charge is 2.04. The van der Waals surface area contributed by atoms with Gasteiger partial charge in [0.1, 0.15) is 0 Å². The van der Waals surface area contributed by atoms with E-state index in [4.69, 9.17) is 5.73 Å². The number of hydrogen-bond acceptors (Lipinski definition) is 2. The summed E-state index contributed by atoms with van der Waals surface area (Å²) in [7, 11) is 0. The van der Waals surface area contributed by atoms with Crippen molar-refractivity contribution >= 4 is 0 Å². The lowest BCUT2D eigenvalue weighted by Crippen LogP contribution is -2.11. The molecule has 1 aromatic heterocycles. The van der Waals surface area contributed by atoms with Gasteiger partial charge in [0.05, 0.1) is 5.69 Å². The molecule has 2 heteroatoms. The Labute approximate surface area is 73.8 Å². The first kappa shape index (κ1) is 9.20. The Morgan fingerprint density at radius 1 is 1.58 bits per heavy atom. The van der Waals surface area contributed by atoms with E-state index < -0.39 is 0 Å². The smallest absolute Gasteiger partial charge is 0.0573 e. The first-order chi connectivity index (χ1) is 5.74. The van der Waals surface area contributed by atoms with Crippen LogP contribution in [0.5, 0.6) is 0 Å². The minimum absolute atomic E-state index is 0.106. The lowest BCUT2D eigenvalue weighted by atomic mass is 10.1. The van der Waals surface area contributed by atoms with Crippen molar-refractivity contribution in [3.63, 3.8) is 0 Å². The molecule has 0 bridgehead atoms. The molecule has 2 N–H and O–H groups in total. The Kier molecular flexibility index (Phi) is 3.23. The van der Waals surface area contributed by atoms with Crippen LogP contribution in [0, 0.1) is 6.92 Å². The quantitative estimate of drug-likeness (QED) is 0.743. The highest BCUT2D eigenvalue weighted by Crippen LogP contribution is 2.13. The molecule has 0 fully saturated rings. The Balaban J connectivity index is 2.73. The average Bonchev–Trinajstić information content (AvgIpc) is 2.05. The zero-order valence-corrected chi connectivity index (χ0v) is 7.75. The normalized spacial score (nSPS) is 12.9. The van der Waals surface area contributed by atoms with E-state index in [0.717, 1.165) is 18.5 Å². The molecule has 0 saturated heterocycles. The summed E-state index contributed by atoms with van der Waals surface area (Å²) in [6.45, 7) is 4.19. The van der Waals surface area contributed by atoms with E-state index in [0.29, 0.717) is 0 Å². The second-order valence-electron chi connectivity index (χ2n) is 3.15. The van der Waals surface area contributed by atoms with Crippen molar-refractivity contribution in [3.8, 4) is 0 Å². The number of pyridine rings is 1. The first-order valence-electron chi connectivity index (χ1n) is 4.42. The number of rotatable bonds is 3. The molecule has 0 amide bonds. The van der Waals surface area contributed by atoms with Crippen LogP contribution in [-0.2, 0) is 0 Å². The predicted octanol–water partition coefficient (Wildman–Crippen LogP) is 2.19. The second kappa shape index (κ2) is 4.21. The maximum Gasteiger partial charge on any atom is 0.0573 e. The molecule has 0 aliphatic rings. The standard InChI is InChI=1S/C10H16N2/c1-3-4-9(11)10-7-8(2)5-6-12-10/h5-7,9H,3-4,11H2,1-2H3/t9-/m0/s1. The molecule has 0 aliphatic carbocycles. The summed E-state index contributed by atoms with van der Waals surface area (Å²) in [6, 6.07) is 4.15. The van der Waals surface area contributed by atoms with E-state index in [-0.39, 0.29) is 6.04 Å². The Morgan fingerprint density at radius 3 is 2.92 bits per heavy atom. The van der Waals surface area contributed by atoms with Crippen molar-refractivity contribution in [3.05, 3.63) is 29.6 Å². The second-order valence-corrected chi connectivity index (χ2v) is 3.15. The van der Waals surface area contributed by atoms with Gasteiger partial charge in [0.2, 0.25) is 0 Å². The summed E-state index contributed by atoms with van der Waals surface area (Å²) < 4.78 is 0. The third-order valence-electron chi connectivity index (χ3n) is 1.92. The number of nitrogens with zero attached hydrogens (tertiary/aromatic N) is 1. The fraction of sp³-hybridized carbons (Fsp3) is 0.500. The molecule has 1 rings (SSSR count). The largest absolute Gasteiger partial charge is 0.323 e. The molecular weight excluding hydrogens is 148 g/mol.